The number of carbonyl (C=O) groups is 3. The Balaban J connectivity index is 2.57. The van der Waals surface area contributed by atoms with Crippen LogP contribution in [-0.4, -0.2) is 32.6 Å². The average molecular weight is 275 g/mol. The fourth-order valence-corrected chi connectivity index (χ4v) is 2.09. The first-order valence-electron chi connectivity index (χ1n) is 6.06. The molecule has 104 valence electrons. The third-order valence-corrected chi connectivity index (χ3v) is 3.07. The first kappa shape index (κ1) is 13.8. The van der Waals surface area contributed by atoms with Crippen LogP contribution in [0, 0.1) is 0 Å². The Hall–Kier alpha value is -2.63. The third-order valence-electron chi connectivity index (χ3n) is 3.07. The van der Waals surface area contributed by atoms with E-state index in [-0.39, 0.29) is 17.9 Å². The van der Waals surface area contributed by atoms with Crippen molar-refractivity contribution in [1.29, 1.82) is 0 Å². The molecule has 0 fully saturated rings. The number of rotatable bonds is 4. The van der Waals surface area contributed by atoms with Crippen LogP contribution >= 0.6 is 0 Å². The smallest absolute Gasteiger partial charge is 0.416 e. The summed E-state index contributed by atoms with van der Waals surface area (Å²) in [7, 11) is 0. The van der Waals surface area contributed by atoms with Crippen molar-refractivity contribution in [3.05, 3.63) is 35.5 Å². The largest absolute Gasteiger partial charge is 0.477 e. The molecule has 0 unspecified atom stereocenters. The van der Waals surface area contributed by atoms with E-state index in [1.807, 2.05) is 0 Å². The lowest BCUT2D eigenvalue weighted by molar-refractivity contribution is -0.118. The summed E-state index contributed by atoms with van der Waals surface area (Å²) in [6, 6.07) is 6.11. The summed E-state index contributed by atoms with van der Waals surface area (Å²) in [6.45, 7) is 1.77. The Labute approximate surface area is 114 Å². The van der Waals surface area contributed by atoms with Gasteiger partial charge in [0.15, 0.2) is 0 Å². The van der Waals surface area contributed by atoms with Crippen molar-refractivity contribution in [2.75, 3.05) is 0 Å². The molecular formula is C14H13NO5. The molecule has 0 atom stereocenters. The normalized spacial score (nSPS) is 10.7. The lowest BCUT2D eigenvalue weighted by atomic mass is 10.1. The number of hydrogen-bond acceptors (Lipinski definition) is 3. The number of carbonyl (C=O) groups excluding carboxylic acids is 1. The van der Waals surface area contributed by atoms with E-state index >= 15 is 0 Å². The van der Waals surface area contributed by atoms with Crippen LogP contribution in [0.1, 0.15) is 29.4 Å². The van der Waals surface area contributed by atoms with Gasteiger partial charge in [-0.3, -0.25) is 4.79 Å². The van der Waals surface area contributed by atoms with Gasteiger partial charge in [-0.25, -0.2) is 14.2 Å². The minimum Gasteiger partial charge on any atom is -0.477 e. The second-order valence-electron chi connectivity index (χ2n) is 4.41. The van der Waals surface area contributed by atoms with E-state index in [1.165, 1.54) is 12.1 Å². The number of aromatic carboxylic acids is 1. The number of carboxylic acid groups (broad SMARTS) is 2. The van der Waals surface area contributed by atoms with Gasteiger partial charge < -0.3 is 10.2 Å². The van der Waals surface area contributed by atoms with Crippen molar-refractivity contribution < 1.29 is 24.6 Å². The van der Waals surface area contributed by atoms with Gasteiger partial charge in [-0.2, -0.15) is 0 Å². The molecule has 20 heavy (non-hydrogen) atoms. The Kier molecular flexibility index (Phi) is 3.56. The molecule has 2 N–H and O–H groups in total. The van der Waals surface area contributed by atoms with Gasteiger partial charge in [0.25, 0.3) is 0 Å². The number of aromatic nitrogens is 1. The van der Waals surface area contributed by atoms with Crippen molar-refractivity contribution in [2.24, 2.45) is 0 Å². The van der Waals surface area contributed by atoms with E-state index < -0.39 is 12.1 Å². The zero-order chi connectivity index (χ0) is 14.9. The molecular weight excluding hydrogens is 262 g/mol. The topological polar surface area (TPSA) is 96.6 Å². The fourth-order valence-electron chi connectivity index (χ4n) is 2.09. The van der Waals surface area contributed by atoms with Crippen LogP contribution in [-0.2, 0) is 11.2 Å². The molecule has 0 saturated carbocycles. The lowest BCUT2D eigenvalue weighted by Crippen LogP contribution is -2.14. The molecule has 1 aromatic carbocycles. The van der Waals surface area contributed by atoms with Crippen LogP contribution in [0.4, 0.5) is 4.79 Å². The molecule has 1 aromatic heterocycles. The number of Topliss-reactive ketones (excluding diaryl/α,β-unsaturated/α-hetero) is 1. The monoisotopic (exact) mass is 275 g/mol. The molecule has 6 nitrogen and oxygen atoms in total. The summed E-state index contributed by atoms with van der Waals surface area (Å²) < 4.78 is 0.725. The predicted molar refractivity (Wildman–Crippen MR) is 71.3 cm³/mol. The van der Waals surface area contributed by atoms with Crippen LogP contribution < -0.4 is 0 Å². The van der Waals surface area contributed by atoms with E-state index in [0.29, 0.717) is 17.3 Å². The van der Waals surface area contributed by atoms with Gasteiger partial charge in [0, 0.05) is 18.2 Å². The Morgan fingerprint density at radius 2 is 1.85 bits per heavy atom. The summed E-state index contributed by atoms with van der Waals surface area (Å²) in [5.74, 6) is -1.24. The van der Waals surface area contributed by atoms with Crippen LogP contribution in [0.5, 0.6) is 0 Å². The number of nitrogens with zero attached hydrogens (tertiary/aromatic N) is 1. The quantitative estimate of drug-likeness (QED) is 0.892. The molecule has 0 saturated heterocycles. The molecule has 1 heterocycles. The number of fused-ring (bicyclic) bond motifs is 1. The van der Waals surface area contributed by atoms with Gasteiger partial charge in [-0.1, -0.05) is 13.0 Å². The SMILES string of the molecule is CCC(=O)Cc1ccc2c(c1)cc(C(=O)O)n2C(=O)O. The zero-order valence-corrected chi connectivity index (χ0v) is 10.8. The summed E-state index contributed by atoms with van der Waals surface area (Å²) in [4.78, 5) is 33.6. The van der Waals surface area contributed by atoms with E-state index in [4.69, 9.17) is 10.2 Å². The molecule has 0 amide bonds. The Morgan fingerprint density at radius 3 is 2.40 bits per heavy atom. The van der Waals surface area contributed by atoms with Crippen molar-refractivity contribution in [1.82, 2.24) is 4.57 Å². The molecule has 0 bridgehead atoms. The van der Waals surface area contributed by atoms with E-state index in [1.54, 1.807) is 19.1 Å². The lowest BCUT2D eigenvalue weighted by Gasteiger charge is -2.02. The number of carboxylic acids is 1. The van der Waals surface area contributed by atoms with Gasteiger partial charge >= 0.3 is 12.1 Å². The second kappa shape index (κ2) is 5.16. The maximum absolute atomic E-state index is 11.4. The van der Waals surface area contributed by atoms with Crippen LogP contribution in [0.2, 0.25) is 0 Å². The first-order chi connectivity index (χ1) is 9.43. The number of hydrogen-bond donors (Lipinski definition) is 2. The van der Waals surface area contributed by atoms with Crippen LogP contribution in [0.15, 0.2) is 24.3 Å². The Bertz CT molecular complexity index is 714. The highest BCUT2D eigenvalue weighted by Gasteiger charge is 2.19. The second-order valence-corrected chi connectivity index (χ2v) is 4.41. The molecule has 2 rings (SSSR count). The van der Waals surface area contributed by atoms with Crippen molar-refractivity contribution in [3.63, 3.8) is 0 Å². The zero-order valence-electron chi connectivity index (χ0n) is 10.8. The fraction of sp³-hybridized carbons (Fsp3) is 0.214. The summed E-state index contributed by atoms with van der Waals surface area (Å²) >= 11 is 0. The molecule has 0 aliphatic carbocycles. The molecule has 0 radical (unpaired) electrons. The first-order valence-corrected chi connectivity index (χ1v) is 6.06. The average Bonchev–Trinajstić information content (AvgIpc) is 2.77. The number of ketones is 1. The number of benzene rings is 1. The minimum atomic E-state index is -1.35. The predicted octanol–water partition coefficient (Wildman–Crippen LogP) is 2.39. The summed E-state index contributed by atoms with van der Waals surface area (Å²) in [6.07, 6.45) is -0.670. The van der Waals surface area contributed by atoms with Crippen molar-refractivity contribution in [3.8, 4) is 0 Å². The van der Waals surface area contributed by atoms with Crippen LogP contribution in [0.25, 0.3) is 10.9 Å². The molecule has 6 heteroatoms. The highest BCUT2D eigenvalue weighted by molar-refractivity contribution is 6.00. The molecule has 0 aliphatic heterocycles. The van der Waals surface area contributed by atoms with Gasteiger partial charge in [0.05, 0.1) is 5.52 Å². The van der Waals surface area contributed by atoms with Gasteiger partial charge in [-0.15, -0.1) is 0 Å². The maximum atomic E-state index is 11.4. The standard InChI is InChI=1S/C14H13NO5/c1-2-10(16)6-8-3-4-11-9(5-8)7-12(13(17)18)15(11)14(19)20/h3-5,7H,2,6H2,1H3,(H,17,18)(H,19,20). The highest BCUT2D eigenvalue weighted by atomic mass is 16.4. The van der Waals surface area contributed by atoms with E-state index in [2.05, 4.69) is 0 Å². The third kappa shape index (κ3) is 2.40. The van der Waals surface area contributed by atoms with Crippen LogP contribution in [0.3, 0.4) is 0 Å². The minimum absolute atomic E-state index is 0.0699. The van der Waals surface area contributed by atoms with Crippen molar-refractivity contribution in [2.45, 2.75) is 19.8 Å². The molecule has 0 aliphatic rings. The maximum Gasteiger partial charge on any atom is 0.416 e. The van der Waals surface area contributed by atoms with Crippen molar-refractivity contribution >= 4 is 28.7 Å². The molecule has 2 aromatic rings. The molecule has 0 spiro atoms. The van der Waals surface area contributed by atoms with E-state index in [0.717, 1.165) is 10.1 Å². The van der Waals surface area contributed by atoms with E-state index in [9.17, 15) is 14.4 Å². The Morgan fingerprint density at radius 1 is 1.15 bits per heavy atom. The van der Waals surface area contributed by atoms with Gasteiger partial charge in [-0.05, 0) is 23.8 Å². The summed E-state index contributed by atoms with van der Waals surface area (Å²) in [5.41, 5.74) is 0.720. The van der Waals surface area contributed by atoms with Gasteiger partial charge in [0.1, 0.15) is 11.5 Å². The highest BCUT2D eigenvalue weighted by Crippen LogP contribution is 2.22. The van der Waals surface area contributed by atoms with Gasteiger partial charge in [0.2, 0.25) is 0 Å². The summed E-state index contributed by atoms with van der Waals surface area (Å²) in [5, 5.41) is 18.6.